The van der Waals surface area contributed by atoms with Crippen molar-refractivity contribution in [3.8, 4) is 0 Å². The van der Waals surface area contributed by atoms with Crippen molar-refractivity contribution in [3.63, 3.8) is 0 Å². The molecule has 3 nitrogen and oxygen atoms in total. The molecule has 1 heterocycles. The lowest BCUT2D eigenvalue weighted by atomic mass is 9.85. The van der Waals surface area contributed by atoms with Gasteiger partial charge in [-0.2, -0.15) is 0 Å². The predicted octanol–water partition coefficient (Wildman–Crippen LogP) is 1.65. The summed E-state index contributed by atoms with van der Waals surface area (Å²) in [4.78, 5) is 5.07. The van der Waals surface area contributed by atoms with Crippen LogP contribution < -0.4 is 5.32 Å². The van der Waals surface area contributed by atoms with Crippen molar-refractivity contribution in [2.75, 3.05) is 46.8 Å². The van der Waals surface area contributed by atoms with Crippen molar-refractivity contribution in [3.05, 3.63) is 0 Å². The molecule has 1 N–H and O–H groups in total. The lowest BCUT2D eigenvalue weighted by Crippen LogP contribution is -2.45. The Labute approximate surface area is 108 Å². The maximum Gasteiger partial charge on any atom is 0.0109 e. The first-order valence-electron chi connectivity index (χ1n) is 7.04. The van der Waals surface area contributed by atoms with Crippen LogP contribution in [0.4, 0.5) is 0 Å². The number of nitrogens with one attached hydrogen (secondary N) is 1. The van der Waals surface area contributed by atoms with Crippen LogP contribution in [0, 0.1) is 5.41 Å². The van der Waals surface area contributed by atoms with E-state index in [1.165, 1.54) is 39.0 Å². The van der Waals surface area contributed by atoms with Crippen LogP contribution in [-0.2, 0) is 0 Å². The van der Waals surface area contributed by atoms with E-state index in [0.717, 1.165) is 6.54 Å². The fraction of sp³-hybridized carbons (Fsp3) is 1.00. The fourth-order valence-electron chi connectivity index (χ4n) is 2.62. The SMILES string of the molecule is CNC(C)C(C)(C)CN(C)CCN1CCCC1. The number of rotatable bonds is 7. The summed E-state index contributed by atoms with van der Waals surface area (Å²) in [5.41, 5.74) is 0.328. The second kappa shape index (κ2) is 6.72. The van der Waals surface area contributed by atoms with Crippen LogP contribution in [0.3, 0.4) is 0 Å². The Hall–Kier alpha value is -0.120. The first-order chi connectivity index (χ1) is 7.95. The van der Waals surface area contributed by atoms with Crippen molar-refractivity contribution in [2.24, 2.45) is 5.41 Å². The zero-order valence-electron chi connectivity index (χ0n) is 12.4. The highest BCUT2D eigenvalue weighted by atomic mass is 15.2. The molecular weight excluding hydrogens is 210 g/mol. The van der Waals surface area contributed by atoms with Gasteiger partial charge in [-0.25, -0.2) is 0 Å². The summed E-state index contributed by atoms with van der Waals surface area (Å²) in [6.45, 7) is 13.2. The number of hydrogen-bond acceptors (Lipinski definition) is 3. The minimum atomic E-state index is 0.328. The fourth-order valence-corrected chi connectivity index (χ4v) is 2.62. The van der Waals surface area contributed by atoms with E-state index in [9.17, 15) is 0 Å². The molecule has 0 saturated carbocycles. The smallest absolute Gasteiger partial charge is 0.0109 e. The first kappa shape index (κ1) is 14.9. The van der Waals surface area contributed by atoms with E-state index < -0.39 is 0 Å². The highest BCUT2D eigenvalue weighted by Gasteiger charge is 2.26. The lowest BCUT2D eigenvalue weighted by molar-refractivity contribution is 0.156. The molecule has 1 fully saturated rings. The van der Waals surface area contributed by atoms with E-state index >= 15 is 0 Å². The zero-order valence-corrected chi connectivity index (χ0v) is 12.4. The molecule has 0 amide bonds. The largest absolute Gasteiger partial charge is 0.317 e. The van der Waals surface area contributed by atoms with E-state index in [1.807, 2.05) is 0 Å². The summed E-state index contributed by atoms with van der Waals surface area (Å²) in [6.07, 6.45) is 2.79. The van der Waals surface area contributed by atoms with Gasteiger partial charge in [0.05, 0.1) is 0 Å². The molecule has 0 aromatic carbocycles. The normalized spacial score (nSPS) is 20.1. The van der Waals surface area contributed by atoms with Crippen LogP contribution >= 0.6 is 0 Å². The van der Waals surface area contributed by atoms with Crippen LogP contribution in [0.25, 0.3) is 0 Å². The van der Waals surface area contributed by atoms with Crippen molar-refractivity contribution in [1.29, 1.82) is 0 Å². The summed E-state index contributed by atoms with van der Waals surface area (Å²) in [5.74, 6) is 0. The maximum absolute atomic E-state index is 3.37. The van der Waals surface area contributed by atoms with Gasteiger partial charge in [0.2, 0.25) is 0 Å². The molecule has 1 unspecified atom stereocenters. The molecule has 0 bridgehead atoms. The Morgan fingerprint density at radius 3 is 2.41 bits per heavy atom. The second-order valence-corrected chi connectivity index (χ2v) is 6.29. The number of likely N-dealkylation sites (N-methyl/N-ethyl adjacent to an activating group) is 1. The number of likely N-dealkylation sites (tertiary alicyclic amines) is 1. The van der Waals surface area contributed by atoms with Gasteiger partial charge in [0.25, 0.3) is 0 Å². The summed E-state index contributed by atoms with van der Waals surface area (Å²) in [5, 5.41) is 3.37. The highest BCUT2D eigenvalue weighted by Crippen LogP contribution is 2.21. The second-order valence-electron chi connectivity index (χ2n) is 6.29. The van der Waals surface area contributed by atoms with Gasteiger partial charge in [0.1, 0.15) is 0 Å². The third-order valence-electron chi connectivity index (χ3n) is 4.28. The van der Waals surface area contributed by atoms with Gasteiger partial charge in [-0.1, -0.05) is 13.8 Å². The van der Waals surface area contributed by atoms with Gasteiger partial charge in [0.15, 0.2) is 0 Å². The lowest BCUT2D eigenvalue weighted by Gasteiger charge is -2.36. The summed E-state index contributed by atoms with van der Waals surface area (Å²) < 4.78 is 0. The summed E-state index contributed by atoms with van der Waals surface area (Å²) in [7, 11) is 4.30. The molecule has 0 aliphatic carbocycles. The standard InChI is InChI=1S/C14H31N3/c1-13(15-4)14(2,3)12-16(5)10-11-17-8-6-7-9-17/h13,15H,6-12H2,1-5H3. The minimum absolute atomic E-state index is 0.328. The average molecular weight is 241 g/mol. The Morgan fingerprint density at radius 1 is 1.29 bits per heavy atom. The van der Waals surface area contributed by atoms with Gasteiger partial charge >= 0.3 is 0 Å². The number of nitrogens with zero attached hydrogens (tertiary/aromatic N) is 2. The molecule has 0 spiro atoms. The third kappa shape index (κ3) is 4.94. The molecule has 1 atom stereocenters. The summed E-state index contributed by atoms with van der Waals surface area (Å²) >= 11 is 0. The van der Waals surface area contributed by atoms with Crippen LogP contribution in [0.5, 0.6) is 0 Å². The quantitative estimate of drug-likeness (QED) is 0.731. The van der Waals surface area contributed by atoms with Crippen LogP contribution in [-0.4, -0.2) is 62.7 Å². The molecule has 0 radical (unpaired) electrons. The van der Waals surface area contributed by atoms with Crippen molar-refractivity contribution in [1.82, 2.24) is 15.1 Å². The highest BCUT2D eigenvalue weighted by molar-refractivity contribution is 4.82. The molecule has 1 aliphatic rings. The van der Waals surface area contributed by atoms with Crippen LogP contribution in [0.15, 0.2) is 0 Å². The van der Waals surface area contributed by atoms with E-state index in [4.69, 9.17) is 0 Å². The molecule has 3 heteroatoms. The van der Waals surface area contributed by atoms with Crippen molar-refractivity contribution < 1.29 is 0 Å². The topological polar surface area (TPSA) is 18.5 Å². The Morgan fingerprint density at radius 2 is 1.88 bits per heavy atom. The van der Waals surface area contributed by atoms with Crippen LogP contribution in [0.2, 0.25) is 0 Å². The molecule has 0 aromatic heterocycles. The van der Waals surface area contributed by atoms with Gasteiger partial charge in [0, 0.05) is 25.7 Å². The average Bonchev–Trinajstić information content (AvgIpc) is 2.77. The van der Waals surface area contributed by atoms with Gasteiger partial charge in [-0.3, -0.25) is 0 Å². The minimum Gasteiger partial charge on any atom is -0.317 e. The van der Waals surface area contributed by atoms with E-state index in [1.54, 1.807) is 0 Å². The van der Waals surface area contributed by atoms with Gasteiger partial charge < -0.3 is 15.1 Å². The first-order valence-corrected chi connectivity index (χ1v) is 7.04. The van der Waals surface area contributed by atoms with Crippen LogP contribution in [0.1, 0.15) is 33.6 Å². The zero-order chi connectivity index (χ0) is 12.9. The molecule has 17 heavy (non-hydrogen) atoms. The van der Waals surface area contributed by atoms with Crippen molar-refractivity contribution in [2.45, 2.75) is 39.7 Å². The Balaban J connectivity index is 2.25. The Kier molecular flexibility index (Phi) is 5.90. The molecule has 1 aliphatic heterocycles. The monoisotopic (exact) mass is 241 g/mol. The Bertz CT molecular complexity index is 210. The van der Waals surface area contributed by atoms with Gasteiger partial charge in [-0.05, 0) is 52.4 Å². The van der Waals surface area contributed by atoms with E-state index in [0.29, 0.717) is 11.5 Å². The van der Waals surface area contributed by atoms with E-state index in [-0.39, 0.29) is 0 Å². The molecule has 1 saturated heterocycles. The predicted molar refractivity (Wildman–Crippen MR) is 75.5 cm³/mol. The molecule has 102 valence electrons. The maximum atomic E-state index is 3.37. The molecule has 1 rings (SSSR count). The summed E-state index contributed by atoms with van der Waals surface area (Å²) in [6, 6.07) is 0.553. The molecule has 0 aromatic rings. The van der Waals surface area contributed by atoms with E-state index in [2.05, 4.69) is 50.0 Å². The number of hydrogen-bond donors (Lipinski definition) is 1. The molecular formula is C14H31N3. The van der Waals surface area contributed by atoms with Crippen molar-refractivity contribution >= 4 is 0 Å². The third-order valence-corrected chi connectivity index (χ3v) is 4.28. The van der Waals surface area contributed by atoms with Gasteiger partial charge in [-0.15, -0.1) is 0 Å².